The van der Waals surface area contributed by atoms with Gasteiger partial charge in [0, 0.05) is 13.1 Å². The third-order valence-electron chi connectivity index (χ3n) is 2.83. The normalized spacial score (nSPS) is 14.1. The van der Waals surface area contributed by atoms with Crippen LogP contribution in [0.25, 0.3) is 0 Å². The highest BCUT2D eigenvalue weighted by atomic mass is 32.2. The summed E-state index contributed by atoms with van der Waals surface area (Å²) >= 11 is 1.70. The van der Waals surface area contributed by atoms with Gasteiger partial charge < -0.3 is 10.2 Å². The van der Waals surface area contributed by atoms with Gasteiger partial charge in [-0.05, 0) is 37.5 Å². The summed E-state index contributed by atoms with van der Waals surface area (Å²) in [6.45, 7) is 2.09. The van der Waals surface area contributed by atoms with Crippen LogP contribution in [0.1, 0.15) is 19.1 Å². The van der Waals surface area contributed by atoms with Crippen LogP contribution in [0.15, 0.2) is 21.6 Å². The Balaban J connectivity index is 2.85. The van der Waals surface area contributed by atoms with Gasteiger partial charge in [0.25, 0.3) is 10.0 Å². The molecule has 0 aliphatic rings. The van der Waals surface area contributed by atoms with Crippen molar-refractivity contribution in [1.82, 2.24) is 4.31 Å². The first-order chi connectivity index (χ1) is 8.43. The summed E-state index contributed by atoms with van der Waals surface area (Å²) in [5.74, 6) is 1.39. The predicted molar refractivity (Wildman–Crippen MR) is 74.0 cm³/mol. The van der Waals surface area contributed by atoms with E-state index in [1.165, 1.54) is 10.4 Å². The molecular weight excluding hydrogens is 272 g/mol. The average molecular weight is 292 g/mol. The molecule has 0 saturated heterocycles. The summed E-state index contributed by atoms with van der Waals surface area (Å²) < 4.78 is 31.1. The molecule has 0 aromatic carbocycles. The molecule has 1 heterocycles. The first kappa shape index (κ1) is 15.6. The summed E-state index contributed by atoms with van der Waals surface area (Å²) in [4.78, 5) is 0. The molecule has 0 amide bonds. The Kier molecular flexibility index (Phi) is 5.71. The van der Waals surface area contributed by atoms with Crippen LogP contribution < -0.4 is 5.73 Å². The minimum absolute atomic E-state index is 0.0403. The number of nitrogens with two attached hydrogens (primary N) is 1. The zero-order chi connectivity index (χ0) is 13.8. The molecule has 0 radical (unpaired) electrons. The van der Waals surface area contributed by atoms with Gasteiger partial charge in [-0.2, -0.15) is 16.1 Å². The lowest BCUT2D eigenvalue weighted by molar-refractivity contribution is 0.352. The Hall–Kier alpha value is -0.500. The summed E-state index contributed by atoms with van der Waals surface area (Å²) in [7, 11) is -1.98. The SMILES string of the molecule is CSCCC(C)N(C)S(=O)(=O)c1ccc(CN)o1. The molecular formula is C11H20N2O3S2. The predicted octanol–water partition coefficient (Wildman–Crippen LogP) is 1.50. The molecule has 104 valence electrons. The van der Waals surface area contributed by atoms with Crippen LogP contribution in [-0.2, 0) is 16.6 Å². The van der Waals surface area contributed by atoms with Crippen LogP contribution in [0.4, 0.5) is 0 Å². The van der Waals surface area contributed by atoms with Crippen molar-refractivity contribution < 1.29 is 12.8 Å². The highest BCUT2D eigenvalue weighted by Gasteiger charge is 2.27. The van der Waals surface area contributed by atoms with Crippen LogP contribution in [0.2, 0.25) is 0 Å². The maximum absolute atomic E-state index is 12.3. The molecule has 0 aliphatic heterocycles. The van der Waals surface area contributed by atoms with Crippen molar-refractivity contribution in [3.8, 4) is 0 Å². The van der Waals surface area contributed by atoms with Crippen LogP contribution in [0.5, 0.6) is 0 Å². The monoisotopic (exact) mass is 292 g/mol. The molecule has 0 bridgehead atoms. The topological polar surface area (TPSA) is 76.5 Å². The Labute approximate surface area is 113 Å². The van der Waals surface area contributed by atoms with Gasteiger partial charge in [-0.3, -0.25) is 0 Å². The average Bonchev–Trinajstić information content (AvgIpc) is 2.84. The lowest BCUT2D eigenvalue weighted by atomic mass is 10.3. The van der Waals surface area contributed by atoms with Gasteiger partial charge in [0.2, 0.25) is 5.09 Å². The van der Waals surface area contributed by atoms with E-state index in [1.807, 2.05) is 13.2 Å². The van der Waals surface area contributed by atoms with E-state index in [0.29, 0.717) is 5.76 Å². The molecule has 0 saturated carbocycles. The Morgan fingerprint density at radius 3 is 2.67 bits per heavy atom. The van der Waals surface area contributed by atoms with Crippen molar-refractivity contribution in [2.45, 2.75) is 31.0 Å². The van der Waals surface area contributed by atoms with Crippen molar-refractivity contribution >= 4 is 21.8 Å². The van der Waals surface area contributed by atoms with E-state index in [9.17, 15) is 8.42 Å². The van der Waals surface area contributed by atoms with E-state index >= 15 is 0 Å². The van der Waals surface area contributed by atoms with Gasteiger partial charge in [0.1, 0.15) is 5.76 Å². The molecule has 0 spiro atoms. The fraction of sp³-hybridized carbons (Fsp3) is 0.636. The van der Waals surface area contributed by atoms with Gasteiger partial charge in [-0.15, -0.1) is 0 Å². The van der Waals surface area contributed by atoms with E-state index in [0.717, 1.165) is 12.2 Å². The van der Waals surface area contributed by atoms with E-state index in [-0.39, 0.29) is 17.7 Å². The molecule has 0 fully saturated rings. The quantitative estimate of drug-likeness (QED) is 0.824. The summed E-state index contributed by atoms with van der Waals surface area (Å²) in [5.41, 5.74) is 5.40. The van der Waals surface area contributed by atoms with Crippen LogP contribution in [0.3, 0.4) is 0 Å². The number of thioether (sulfide) groups is 1. The fourth-order valence-electron chi connectivity index (χ4n) is 1.46. The molecule has 1 aromatic heterocycles. The standard InChI is InChI=1S/C11H20N2O3S2/c1-9(6-7-17-3)13(2)18(14,15)11-5-4-10(8-12)16-11/h4-5,9H,6-8,12H2,1-3H3. The molecule has 1 atom stereocenters. The zero-order valence-electron chi connectivity index (χ0n) is 10.9. The largest absolute Gasteiger partial charge is 0.447 e. The summed E-state index contributed by atoms with van der Waals surface area (Å²) in [5, 5.41) is -0.0403. The first-order valence-corrected chi connectivity index (χ1v) is 8.52. The smallest absolute Gasteiger partial charge is 0.276 e. The van der Waals surface area contributed by atoms with E-state index in [4.69, 9.17) is 10.2 Å². The Morgan fingerprint density at radius 1 is 1.50 bits per heavy atom. The maximum Gasteiger partial charge on any atom is 0.276 e. The van der Waals surface area contributed by atoms with Crippen LogP contribution >= 0.6 is 11.8 Å². The molecule has 1 unspecified atom stereocenters. The van der Waals surface area contributed by atoms with Gasteiger partial charge in [-0.1, -0.05) is 0 Å². The summed E-state index contributed by atoms with van der Waals surface area (Å²) in [6.07, 6.45) is 2.81. The van der Waals surface area contributed by atoms with E-state index < -0.39 is 10.0 Å². The highest BCUT2D eigenvalue weighted by molar-refractivity contribution is 7.98. The first-order valence-electron chi connectivity index (χ1n) is 5.69. The molecule has 5 nitrogen and oxygen atoms in total. The number of hydrogen-bond acceptors (Lipinski definition) is 5. The molecule has 2 N–H and O–H groups in total. The Morgan fingerprint density at radius 2 is 2.17 bits per heavy atom. The second-order valence-corrected chi connectivity index (χ2v) is 6.99. The second kappa shape index (κ2) is 6.60. The molecule has 7 heteroatoms. The Bertz CT molecular complexity index is 470. The maximum atomic E-state index is 12.3. The molecule has 1 aromatic rings. The third kappa shape index (κ3) is 3.50. The minimum atomic E-state index is -3.56. The lowest BCUT2D eigenvalue weighted by Gasteiger charge is -2.22. The van der Waals surface area contributed by atoms with Crippen LogP contribution in [0, 0.1) is 0 Å². The van der Waals surface area contributed by atoms with E-state index in [2.05, 4.69) is 0 Å². The minimum Gasteiger partial charge on any atom is -0.447 e. The highest BCUT2D eigenvalue weighted by Crippen LogP contribution is 2.20. The van der Waals surface area contributed by atoms with Crippen molar-refractivity contribution in [2.24, 2.45) is 5.73 Å². The number of furan rings is 1. The van der Waals surface area contributed by atoms with E-state index in [1.54, 1.807) is 24.9 Å². The zero-order valence-corrected chi connectivity index (χ0v) is 12.6. The van der Waals surface area contributed by atoms with Gasteiger partial charge >= 0.3 is 0 Å². The van der Waals surface area contributed by atoms with Crippen LogP contribution in [-0.4, -0.2) is 37.8 Å². The van der Waals surface area contributed by atoms with Crippen molar-refractivity contribution in [1.29, 1.82) is 0 Å². The number of sulfonamides is 1. The second-order valence-electron chi connectivity index (χ2n) is 4.08. The van der Waals surface area contributed by atoms with Gasteiger partial charge in [-0.25, -0.2) is 8.42 Å². The van der Waals surface area contributed by atoms with Gasteiger partial charge in [0.05, 0.1) is 6.54 Å². The van der Waals surface area contributed by atoms with Crippen molar-refractivity contribution in [3.63, 3.8) is 0 Å². The number of hydrogen-bond donors (Lipinski definition) is 1. The number of rotatable bonds is 7. The molecule has 0 aliphatic carbocycles. The molecule has 18 heavy (non-hydrogen) atoms. The lowest BCUT2D eigenvalue weighted by Crippen LogP contribution is -2.35. The van der Waals surface area contributed by atoms with Gasteiger partial charge in [0.15, 0.2) is 0 Å². The van der Waals surface area contributed by atoms with Crippen molar-refractivity contribution in [3.05, 3.63) is 17.9 Å². The molecule has 1 rings (SSSR count). The fourth-order valence-corrected chi connectivity index (χ4v) is 3.35. The summed E-state index contributed by atoms with van der Waals surface area (Å²) in [6, 6.07) is 2.98. The third-order valence-corrected chi connectivity index (χ3v) is 5.32. The van der Waals surface area contributed by atoms with Crippen molar-refractivity contribution in [2.75, 3.05) is 19.1 Å². The number of nitrogens with zero attached hydrogens (tertiary/aromatic N) is 1.